The van der Waals surface area contributed by atoms with Gasteiger partial charge in [-0.05, 0) is 50.3 Å². The van der Waals surface area contributed by atoms with Crippen LogP contribution in [0, 0.1) is 13.8 Å². The first-order valence-corrected chi connectivity index (χ1v) is 9.69. The lowest BCUT2D eigenvalue weighted by Crippen LogP contribution is -2.46. The Kier molecular flexibility index (Phi) is 5.94. The number of benzene rings is 2. The first kappa shape index (κ1) is 19.2. The summed E-state index contributed by atoms with van der Waals surface area (Å²) in [5.41, 5.74) is 4.29. The highest BCUT2D eigenvalue weighted by atomic mass is 16.2. The third-order valence-corrected chi connectivity index (χ3v) is 5.30. The summed E-state index contributed by atoms with van der Waals surface area (Å²) in [6.07, 6.45) is 2.36. The van der Waals surface area contributed by atoms with Gasteiger partial charge in [-0.15, -0.1) is 0 Å². The van der Waals surface area contributed by atoms with E-state index in [1.807, 2.05) is 37.3 Å². The first-order valence-electron chi connectivity index (χ1n) is 9.69. The van der Waals surface area contributed by atoms with E-state index in [4.69, 9.17) is 0 Å². The Morgan fingerprint density at radius 1 is 1.07 bits per heavy atom. The molecule has 0 aromatic heterocycles. The van der Waals surface area contributed by atoms with E-state index in [0.29, 0.717) is 13.0 Å². The second kappa shape index (κ2) is 8.38. The number of piperidine rings is 1. The molecule has 0 aliphatic carbocycles. The average molecular weight is 364 g/mol. The molecule has 2 aromatic rings. The predicted molar refractivity (Wildman–Crippen MR) is 107 cm³/mol. The van der Waals surface area contributed by atoms with E-state index >= 15 is 0 Å². The fraction of sp³-hybridized carbons (Fsp3) is 0.391. The van der Waals surface area contributed by atoms with Crippen molar-refractivity contribution < 1.29 is 9.59 Å². The van der Waals surface area contributed by atoms with Crippen LogP contribution in [-0.4, -0.2) is 23.3 Å². The number of amides is 2. The molecule has 0 spiro atoms. The Bertz CT molecular complexity index is 816. The largest absolute Gasteiger partial charge is 0.347 e. The molecule has 0 bridgehead atoms. The van der Waals surface area contributed by atoms with Crippen LogP contribution in [0.25, 0.3) is 0 Å². The summed E-state index contributed by atoms with van der Waals surface area (Å²) in [5, 5.41) is 3.15. The van der Waals surface area contributed by atoms with E-state index in [1.165, 1.54) is 5.56 Å². The zero-order valence-electron chi connectivity index (χ0n) is 16.4. The number of carbonyl (C=O) groups excluding carboxylic acids is 2. The Balaban J connectivity index is 1.86. The lowest BCUT2D eigenvalue weighted by molar-refractivity contribution is -0.143. The van der Waals surface area contributed by atoms with E-state index in [-0.39, 0.29) is 17.9 Å². The molecule has 2 aromatic carbocycles. The molecule has 142 valence electrons. The molecular formula is C23H28N2O2. The van der Waals surface area contributed by atoms with Gasteiger partial charge in [0.15, 0.2) is 0 Å². The van der Waals surface area contributed by atoms with E-state index in [1.54, 1.807) is 4.90 Å². The van der Waals surface area contributed by atoms with Crippen LogP contribution in [0.3, 0.4) is 0 Å². The smallest absolute Gasteiger partial charge is 0.247 e. The number of nitrogens with zero attached hydrogens (tertiary/aromatic N) is 1. The van der Waals surface area contributed by atoms with Crippen molar-refractivity contribution in [3.63, 3.8) is 0 Å². The highest BCUT2D eigenvalue weighted by Crippen LogP contribution is 2.27. The quantitative estimate of drug-likeness (QED) is 0.863. The first-order chi connectivity index (χ1) is 13.0. The summed E-state index contributed by atoms with van der Waals surface area (Å²) in [4.78, 5) is 27.5. The number of aryl methyl sites for hydroxylation is 2. The van der Waals surface area contributed by atoms with Gasteiger partial charge in [-0.1, -0.05) is 54.1 Å². The van der Waals surface area contributed by atoms with E-state index in [9.17, 15) is 9.59 Å². The van der Waals surface area contributed by atoms with Crippen molar-refractivity contribution in [2.45, 2.75) is 52.1 Å². The molecule has 4 heteroatoms. The van der Waals surface area contributed by atoms with Crippen molar-refractivity contribution >= 4 is 11.8 Å². The summed E-state index contributed by atoms with van der Waals surface area (Å²) < 4.78 is 0. The van der Waals surface area contributed by atoms with Gasteiger partial charge in [0, 0.05) is 13.0 Å². The SMILES string of the molecule is Cc1ccc(C)c(C(C)NC(=O)C(c2ccccc2)N2CCCCC2=O)c1. The molecule has 0 radical (unpaired) electrons. The van der Waals surface area contributed by atoms with Crippen molar-refractivity contribution in [3.05, 3.63) is 70.8 Å². The maximum Gasteiger partial charge on any atom is 0.247 e. The molecule has 3 rings (SSSR count). The predicted octanol–water partition coefficient (Wildman–Crippen LogP) is 4.23. The number of nitrogens with one attached hydrogen (secondary N) is 1. The van der Waals surface area contributed by atoms with Crippen LogP contribution in [0.1, 0.15) is 60.5 Å². The normalized spacial score (nSPS) is 16.7. The summed E-state index contributed by atoms with van der Waals surface area (Å²) >= 11 is 0. The summed E-state index contributed by atoms with van der Waals surface area (Å²) in [7, 11) is 0. The zero-order chi connectivity index (χ0) is 19.4. The molecule has 27 heavy (non-hydrogen) atoms. The molecule has 1 aliphatic heterocycles. The van der Waals surface area contributed by atoms with Crippen molar-refractivity contribution in [1.29, 1.82) is 0 Å². The molecule has 1 heterocycles. The monoisotopic (exact) mass is 364 g/mol. The number of hydrogen-bond acceptors (Lipinski definition) is 2. The standard InChI is InChI=1S/C23H28N2O2/c1-16-12-13-17(2)20(15-16)18(3)24-23(27)22(19-9-5-4-6-10-19)25-14-8-7-11-21(25)26/h4-6,9-10,12-13,15,18,22H,7-8,11,14H2,1-3H3,(H,24,27). The molecule has 1 saturated heterocycles. The molecule has 4 nitrogen and oxygen atoms in total. The van der Waals surface area contributed by atoms with Crippen LogP contribution < -0.4 is 5.32 Å². The topological polar surface area (TPSA) is 49.4 Å². The molecule has 0 saturated carbocycles. The van der Waals surface area contributed by atoms with Gasteiger partial charge in [0.1, 0.15) is 6.04 Å². The number of likely N-dealkylation sites (tertiary alicyclic amines) is 1. The van der Waals surface area contributed by atoms with Crippen LogP contribution in [0.4, 0.5) is 0 Å². The zero-order valence-corrected chi connectivity index (χ0v) is 16.4. The highest BCUT2D eigenvalue weighted by Gasteiger charge is 2.33. The van der Waals surface area contributed by atoms with Crippen LogP contribution >= 0.6 is 0 Å². The second-order valence-electron chi connectivity index (χ2n) is 7.45. The van der Waals surface area contributed by atoms with Gasteiger partial charge in [0.2, 0.25) is 11.8 Å². The molecule has 2 amide bonds. The van der Waals surface area contributed by atoms with Crippen LogP contribution in [0.15, 0.2) is 48.5 Å². The van der Waals surface area contributed by atoms with Gasteiger partial charge in [-0.25, -0.2) is 0 Å². The third-order valence-electron chi connectivity index (χ3n) is 5.30. The molecule has 1 aliphatic rings. The Morgan fingerprint density at radius 2 is 1.81 bits per heavy atom. The minimum Gasteiger partial charge on any atom is -0.347 e. The lowest BCUT2D eigenvalue weighted by Gasteiger charge is -2.34. The minimum absolute atomic E-state index is 0.0599. The van der Waals surface area contributed by atoms with Crippen molar-refractivity contribution in [1.82, 2.24) is 10.2 Å². The molecule has 1 fully saturated rings. The summed E-state index contributed by atoms with van der Waals surface area (Å²) in [5.74, 6) is -0.0606. The minimum atomic E-state index is -0.577. The highest BCUT2D eigenvalue weighted by molar-refractivity contribution is 5.89. The van der Waals surface area contributed by atoms with Crippen molar-refractivity contribution in [3.8, 4) is 0 Å². The third kappa shape index (κ3) is 4.38. The second-order valence-corrected chi connectivity index (χ2v) is 7.45. The Labute approximate surface area is 161 Å². The van der Waals surface area contributed by atoms with Crippen LogP contribution in [0.2, 0.25) is 0 Å². The molecule has 2 atom stereocenters. The Hall–Kier alpha value is -2.62. The number of rotatable bonds is 5. The fourth-order valence-electron chi connectivity index (χ4n) is 3.80. The van der Waals surface area contributed by atoms with Crippen molar-refractivity contribution in [2.24, 2.45) is 0 Å². The van der Waals surface area contributed by atoms with Crippen LogP contribution in [-0.2, 0) is 9.59 Å². The van der Waals surface area contributed by atoms with Gasteiger partial charge in [-0.2, -0.15) is 0 Å². The van der Waals surface area contributed by atoms with E-state index < -0.39 is 6.04 Å². The van der Waals surface area contributed by atoms with Gasteiger partial charge < -0.3 is 10.2 Å². The van der Waals surface area contributed by atoms with Crippen molar-refractivity contribution in [2.75, 3.05) is 6.54 Å². The van der Waals surface area contributed by atoms with Gasteiger partial charge in [-0.3, -0.25) is 9.59 Å². The van der Waals surface area contributed by atoms with E-state index in [2.05, 4.69) is 37.4 Å². The van der Waals surface area contributed by atoms with Crippen LogP contribution in [0.5, 0.6) is 0 Å². The molecule has 1 N–H and O–H groups in total. The maximum atomic E-state index is 13.3. The number of hydrogen-bond donors (Lipinski definition) is 1. The van der Waals surface area contributed by atoms with Gasteiger partial charge in [0.25, 0.3) is 0 Å². The summed E-state index contributed by atoms with van der Waals surface area (Å²) in [6.45, 7) is 6.74. The molecular weight excluding hydrogens is 336 g/mol. The lowest BCUT2D eigenvalue weighted by atomic mass is 9.97. The number of carbonyl (C=O) groups is 2. The van der Waals surface area contributed by atoms with E-state index in [0.717, 1.165) is 29.5 Å². The average Bonchev–Trinajstić information content (AvgIpc) is 2.66. The molecule has 2 unspecified atom stereocenters. The van der Waals surface area contributed by atoms with Gasteiger partial charge in [0.05, 0.1) is 6.04 Å². The Morgan fingerprint density at radius 3 is 2.52 bits per heavy atom. The maximum absolute atomic E-state index is 13.3. The summed E-state index contributed by atoms with van der Waals surface area (Å²) in [6, 6.07) is 15.2. The fourth-order valence-corrected chi connectivity index (χ4v) is 3.80. The van der Waals surface area contributed by atoms with Gasteiger partial charge >= 0.3 is 0 Å².